The van der Waals surface area contributed by atoms with E-state index in [1.54, 1.807) is 23.1 Å². The van der Waals surface area contributed by atoms with Gasteiger partial charge in [0.25, 0.3) is 5.91 Å². The quantitative estimate of drug-likeness (QED) is 0.702. The molecule has 3 heterocycles. The van der Waals surface area contributed by atoms with E-state index in [1.807, 2.05) is 18.0 Å². The summed E-state index contributed by atoms with van der Waals surface area (Å²) in [5.41, 5.74) is 4.95. The molecule has 7 nitrogen and oxygen atoms in total. The van der Waals surface area contributed by atoms with Crippen LogP contribution in [-0.4, -0.2) is 56.7 Å². The van der Waals surface area contributed by atoms with Gasteiger partial charge in [0.15, 0.2) is 5.69 Å². The van der Waals surface area contributed by atoms with Crippen LogP contribution in [0.25, 0.3) is 11.3 Å². The van der Waals surface area contributed by atoms with Crippen LogP contribution in [0.2, 0.25) is 0 Å². The molecule has 7 heteroatoms. The average Bonchev–Trinajstić information content (AvgIpc) is 3.10. The predicted octanol–water partition coefficient (Wildman–Crippen LogP) is 2.46. The summed E-state index contributed by atoms with van der Waals surface area (Å²) < 4.78 is 1.79. The second-order valence-electron chi connectivity index (χ2n) is 7.18. The largest absolute Gasteiger partial charge is 0.337 e. The Kier molecular flexibility index (Phi) is 4.81. The average molecular weight is 376 g/mol. The zero-order chi connectivity index (χ0) is 19.7. The molecule has 28 heavy (non-hydrogen) atoms. The number of carbonyl (C=O) groups is 1. The van der Waals surface area contributed by atoms with Gasteiger partial charge in [-0.15, -0.1) is 0 Å². The van der Waals surface area contributed by atoms with Crippen LogP contribution in [0, 0.1) is 13.8 Å². The monoisotopic (exact) mass is 376 g/mol. The highest BCUT2D eigenvalue weighted by molar-refractivity contribution is 5.93. The number of amides is 1. The summed E-state index contributed by atoms with van der Waals surface area (Å²) in [5, 5.41) is 4.49. The lowest BCUT2D eigenvalue weighted by Crippen LogP contribution is -2.49. The van der Waals surface area contributed by atoms with Crippen LogP contribution in [-0.2, 0) is 7.05 Å². The first-order chi connectivity index (χ1) is 13.5. The molecule has 0 spiro atoms. The lowest BCUT2D eigenvalue weighted by atomic mass is 10.0. The Bertz CT molecular complexity index is 989. The van der Waals surface area contributed by atoms with Gasteiger partial charge in [0.1, 0.15) is 0 Å². The third-order valence-corrected chi connectivity index (χ3v) is 5.16. The van der Waals surface area contributed by atoms with Gasteiger partial charge in [-0.05, 0) is 31.5 Å². The van der Waals surface area contributed by atoms with Crippen LogP contribution < -0.4 is 4.90 Å². The number of anilines is 1. The van der Waals surface area contributed by atoms with Crippen molar-refractivity contribution in [3.05, 3.63) is 59.5 Å². The number of aryl methyl sites for hydroxylation is 3. The first-order valence-electron chi connectivity index (χ1n) is 9.46. The Hall–Kier alpha value is -3.22. The number of hydrogen-bond acceptors (Lipinski definition) is 5. The van der Waals surface area contributed by atoms with E-state index in [0.29, 0.717) is 37.8 Å². The number of aromatic nitrogens is 4. The maximum Gasteiger partial charge on any atom is 0.274 e. The number of piperazine rings is 1. The zero-order valence-electron chi connectivity index (χ0n) is 16.5. The summed E-state index contributed by atoms with van der Waals surface area (Å²) >= 11 is 0. The normalized spacial score (nSPS) is 14.4. The molecule has 0 radical (unpaired) electrons. The van der Waals surface area contributed by atoms with E-state index in [-0.39, 0.29) is 5.91 Å². The molecule has 0 bridgehead atoms. The lowest BCUT2D eigenvalue weighted by Gasteiger charge is -2.34. The summed E-state index contributed by atoms with van der Waals surface area (Å²) in [7, 11) is 1.89. The molecular formula is C21H24N6O. The molecule has 1 aromatic carbocycles. The standard InChI is InChI=1S/C21H24N6O/c1-15-5-6-17(16(2)13-15)19-14-18(24-25(19)3)20(28)26-9-11-27(12-10-26)21-22-7-4-8-23-21/h4-8,13-14H,9-12H2,1-3H3. The van der Waals surface area contributed by atoms with Gasteiger partial charge in [-0.1, -0.05) is 23.8 Å². The summed E-state index contributed by atoms with van der Waals surface area (Å²) in [4.78, 5) is 25.5. The van der Waals surface area contributed by atoms with Gasteiger partial charge < -0.3 is 9.80 Å². The molecule has 0 N–H and O–H groups in total. The molecular weight excluding hydrogens is 352 g/mol. The predicted molar refractivity (Wildman–Crippen MR) is 108 cm³/mol. The van der Waals surface area contributed by atoms with Crippen LogP contribution in [0.4, 0.5) is 5.95 Å². The molecule has 1 aliphatic heterocycles. The third kappa shape index (κ3) is 3.47. The van der Waals surface area contributed by atoms with Crippen LogP contribution in [0.5, 0.6) is 0 Å². The summed E-state index contributed by atoms with van der Waals surface area (Å²) in [6, 6.07) is 10.0. The summed E-state index contributed by atoms with van der Waals surface area (Å²) in [6.45, 7) is 6.86. The Morgan fingerprint density at radius 1 is 1.00 bits per heavy atom. The van der Waals surface area contributed by atoms with Crippen LogP contribution in [0.1, 0.15) is 21.6 Å². The number of hydrogen-bond donors (Lipinski definition) is 0. The molecule has 2 aromatic heterocycles. The lowest BCUT2D eigenvalue weighted by molar-refractivity contribution is 0.0739. The highest BCUT2D eigenvalue weighted by atomic mass is 16.2. The molecule has 1 aliphatic rings. The molecule has 4 rings (SSSR count). The van der Waals surface area contributed by atoms with Crippen molar-refractivity contribution in [2.24, 2.45) is 7.05 Å². The van der Waals surface area contributed by atoms with Crippen molar-refractivity contribution in [3.63, 3.8) is 0 Å². The van der Waals surface area contributed by atoms with E-state index >= 15 is 0 Å². The molecule has 0 aliphatic carbocycles. The van der Waals surface area contributed by atoms with E-state index in [0.717, 1.165) is 11.3 Å². The van der Waals surface area contributed by atoms with Crippen molar-refractivity contribution in [1.82, 2.24) is 24.6 Å². The third-order valence-electron chi connectivity index (χ3n) is 5.16. The topological polar surface area (TPSA) is 67.2 Å². The van der Waals surface area contributed by atoms with Crippen molar-refractivity contribution in [1.29, 1.82) is 0 Å². The highest BCUT2D eigenvalue weighted by Crippen LogP contribution is 2.25. The maximum absolute atomic E-state index is 13.0. The second kappa shape index (κ2) is 7.42. The minimum atomic E-state index is -0.0276. The molecule has 0 unspecified atom stereocenters. The fraction of sp³-hybridized carbons (Fsp3) is 0.333. The van der Waals surface area contributed by atoms with Crippen molar-refractivity contribution >= 4 is 11.9 Å². The fourth-order valence-corrected chi connectivity index (χ4v) is 3.65. The van der Waals surface area contributed by atoms with Crippen molar-refractivity contribution in [3.8, 4) is 11.3 Å². The van der Waals surface area contributed by atoms with E-state index < -0.39 is 0 Å². The van der Waals surface area contributed by atoms with Gasteiger partial charge in [0.2, 0.25) is 5.95 Å². The summed E-state index contributed by atoms with van der Waals surface area (Å²) in [5.74, 6) is 0.685. The Morgan fingerprint density at radius 3 is 2.39 bits per heavy atom. The fourth-order valence-electron chi connectivity index (χ4n) is 3.65. The zero-order valence-corrected chi connectivity index (χ0v) is 16.5. The van der Waals surface area contributed by atoms with Gasteiger partial charge in [-0.25, -0.2) is 9.97 Å². The molecule has 144 valence electrons. The number of carbonyl (C=O) groups excluding carboxylic acids is 1. The molecule has 0 atom stereocenters. The molecule has 1 amide bonds. The highest BCUT2D eigenvalue weighted by Gasteiger charge is 2.25. The molecule has 3 aromatic rings. The van der Waals surface area contributed by atoms with E-state index in [4.69, 9.17) is 0 Å². The molecule has 1 saturated heterocycles. The van der Waals surface area contributed by atoms with Crippen molar-refractivity contribution in [2.45, 2.75) is 13.8 Å². The van der Waals surface area contributed by atoms with E-state index in [9.17, 15) is 4.79 Å². The van der Waals surface area contributed by atoms with E-state index in [2.05, 4.69) is 52.0 Å². The van der Waals surface area contributed by atoms with E-state index in [1.165, 1.54) is 11.1 Å². The van der Waals surface area contributed by atoms with Crippen molar-refractivity contribution < 1.29 is 4.79 Å². The van der Waals surface area contributed by atoms with Crippen LogP contribution in [0.3, 0.4) is 0 Å². The van der Waals surface area contributed by atoms with Gasteiger partial charge >= 0.3 is 0 Å². The minimum absolute atomic E-state index is 0.0276. The van der Waals surface area contributed by atoms with Crippen LogP contribution in [0.15, 0.2) is 42.7 Å². The van der Waals surface area contributed by atoms with Crippen LogP contribution >= 0.6 is 0 Å². The van der Waals surface area contributed by atoms with Gasteiger partial charge in [0.05, 0.1) is 5.69 Å². The first kappa shape index (κ1) is 18.2. The van der Waals surface area contributed by atoms with Crippen molar-refractivity contribution in [2.75, 3.05) is 31.1 Å². The van der Waals surface area contributed by atoms with Gasteiger partial charge in [-0.3, -0.25) is 9.48 Å². The Labute approximate surface area is 164 Å². The minimum Gasteiger partial charge on any atom is -0.337 e. The summed E-state index contributed by atoms with van der Waals surface area (Å²) in [6.07, 6.45) is 3.48. The number of rotatable bonds is 3. The van der Waals surface area contributed by atoms with Gasteiger partial charge in [0, 0.05) is 51.2 Å². The maximum atomic E-state index is 13.0. The first-order valence-corrected chi connectivity index (χ1v) is 9.46. The Balaban J connectivity index is 1.49. The SMILES string of the molecule is Cc1ccc(-c2cc(C(=O)N3CCN(c4ncccn4)CC3)nn2C)c(C)c1. The smallest absolute Gasteiger partial charge is 0.274 e. The van der Waals surface area contributed by atoms with Gasteiger partial charge in [-0.2, -0.15) is 5.10 Å². The number of benzene rings is 1. The number of nitrogens with zero attached hydrogens (tertiary/aromatic N) is 6. The molecule has 0 saturated carbocycles. The Morgan fingerprint density at radius 2 is 1.71 bits per heavy atom. The molecule has 1 fully saturated rings. The second-order valence-corrected chi connectivity index (χ2v) is 7.18.